The maximum absolute atomic E-state index is 12.8. The summed E-state index contributed by atoms with van der Waals surface area (Å²) in [4.78, 5) is 37.2. The van der Waals surface area contributed by atoms with E-state index in [2.05, 4.69) is 10.6 Å². The van der Waals surface area contributed by atoms with E-state index in [0.717, 1.165) is 5.56 Å². The lowest BCUT2D eigenvalue weighted by molar-refractivity contribution is -0.145. The van der Waals surface area contributed by atoms with Crippen LogP contribution in [0.5, 0.6) is 5.75 Å². The molecule has 0 saturated carbocycles. The molecule has 9 nitrogen and oxygen atoms in total. The van der Waals surface area contributed by atoms with Crippen LogP contribution in [-0.2, 0) is 32.1 Å². The SMILES string of the molecule is COC(=O)[C@H](Cc1ccc(OC)c(Cl)c1)NC(=O)[C@@H](NC(=O)OCc1ccccc1)[C@@H](C)O. The number of amides is 2. The number of carbonyl (C=O) groups is 3. The maximum atomic E-state index is 12.8. The fourth-order valence-electron chi connectivity index (χ4n) is 2.97. The van der Waals surface area contributed by atoms with Crippen molar-refractivity contribution >= 4 is 29.6 Å². The van der Waals surface area contributed by atoms with Crippen molar-refractivity contribution in [2.75, 3.05) is 14.2 Å². The fourth-order valence-corrected chi connectivity index (χ4v) is 3.25. The number of halogens is 1. The molecule has 3 N–H and O–H groups in total. The number of aliphatic hydroxyl groups excluding tert-OH is 1. The Morgan fingerprint density at radius 3 is 2.30 bits per heavy atom. The molecule has 178 valence electrons. The molecule has 0 aliphatic rings. The molecule has 2 rings (SSSR count). The predicted molar refractivity (Wildman–Crippen MR) is 121 cm³/mol. The Balaban J connectivity index is 2.05. The number of esters is 1. The summed E-state index contributed by atoms with van der Waals surface area (Å²) in [6.45, 7) is 1.32. The van der Waals surface area contributed by atoms with Gasteiger partial charge in [-0.1, -0.05) is 48.0 Å². The van der Waals surface area contributed by atoms with Crippen LogP contribution in [0.3, 0.4) is 0 Å². The highest BCUT2D eigenvalue weighted by Crippen LogP contribution is 2.25. The average molecular weight is 479 g/mol. The van der Waals surface area contributed by atoms with E-state index in [1.54, 1.807) is 42.5 Å². The van der Waals surface area contributed by atoms with Crippen LogP contribution in [0, 0.1) is 0 Å². The summed E-state index contributed by atoms with van der Waals surface area (Å²) >= 11 is 6.13. The van der Waals surface area contributed by atoms with Gasteiger partial charge in [-0.15, -0.1) is 0 Å². The molecule has 0 bridgehead atoms. The smallest absolute Gasteiger partial charge is 0.408 e. The van der Waals surface area contributed by atoms with Gasteiger partial charge in [-0.2, -0.15) is 0 Å². The van der Waals surface area contributed by atoms with Gasteiger partial charge in [0, 0.05) is 6.42 Å². The average Bonchev–Trinajstić information content (AvgIpc) is 2.80. The third kappa shape index (κ3) is 7.96. The highest BCUT2D eigenvalue weighted by atomic mass is 35.5. The number of hydrogen-bond donors (Lipinski definition) is 3. The Bertz CT molecular complexity index is 953. The van der Waals surface area contributed by atoms with E-state index in [0.29, 0.717) is 16.3 Å². The molecular weight excluding hydrogens is 452 g/mol. The second-order valence-corrected chi connectivity index (χ2v) is 7.59. The first-order valence-corrected chi connectivity index (χ1v) is 10.5. The van der Waals surface area contributed by atoms with Gasteiger partial charge in [0.25, 0.3) is 0 Å². The standard InChI is InChI=1S/C23H27ClN2O7/c1-14(27)20(26-23(30)33-13-15-7-5-4-6-8-15)21(28)25-18(22(29)32-3)12-16-9-10-19(31-2)17(24)11-16/h4-11,14,18,20,27H,12-13H2,1-3H3,(H,25,28)(H,26,30)/t14-,18+,20+/m1/s1. The van der Waals surface area contributed by atoms with E-state index in [-0.39, 0.29) is 13.0 Å². The number of ether oxygens (including phenoxy) is 3. The number of methoxy groups -OCH3 is 2. The van der Waals surface area contributed by atoms with E-state index in [1.165, 1.54) is 21.1 Å². The number of alkyl carbamates (subject to hydrolysis) is 1. The van der Waals surface area contributed by atoms with Crippen LogP contribution in [0.2, 0.25) is 5.02 Å². The lowest BCUT2D eigenvalue weighted by atomic mass is 10.0. The lowest BCUT2D eigenvalue weighted by Gasteiger charge is -2.24. The molecule has 0 aliphatic heterocycles. The zero-order chi connectivity index (χ0) is 24.4. The molecule has 0 fully saturated rings. The molecular formula is C23H27ClN2O7. The van der Waals surface area contributed by atoms with Crippen LogP contribution in [0.4, 0.5) is 4.79 Å². The van der Waals surface area contributed by atoms with Crippen molar-refractivity contribution in [3.8, 4) is 5.75 Å². The van der Waals surface area contributed by atoms with Crippen LogP contribution in [0.15, 0.2) is 48.5 Å². The van der Waals surface area contributed by atoms with Crippen LogP contribution in [0.25, 0.3) is 0 Å². The van der Waals surface area contributed by atoms with Gasteiger partial charge < -0.3 is 30.0 Å². The van der Waals surface area contributed by atoms with E-state index < -0.39 is 36.2 Å². The summed E-state index contributed by atoms with van der Waals surface area (Å²) in [6, 6.07) is 11.5. The minimum atomic E-state index is -1.36. The van der Waals surface area contributed by atoms with Crippen molar-refractivity contribution in [3.63, 3.8) is 0 Å². The zero-order valence-corrected chi connectivity index (χ0v) is 19.3. The van der Waals surface area contributed by atoms with Gasteiger partial charge in [0.2, 0.25) is 5.91 Å². The normalized spacial score (nSPS) is 13.2. The van der Waals surface area contributed by atoms with Crippen LogP contribution >= 0.6 is 11.6 Å². The fraction of sp³-hybridized carbons (Fsp3) is 0.348. The summed E-state index contributed by atoms with van der Waals surface area (Å²) in [5.41, 5.74) is 1.40. The van der Waals surface area contributed by atoms with Gasteiger partial charge in [-0.25, -0.2) is 9.59 Å². The summed E-state index contributed by atoms with van der Waals surface area (Å²) in [5.74, 6) is -1.02. The van der Waals surface area contributed by atoms with Crippen molar-refractivity contribution in [2.45, 2.75) is 38.1 Å². The minimum Gasteiger partial charge on any atom is -0.495 e. The second-order valence-electron chi connectivity index (χ2n) is 7.18. The molecule has 0 unspecified atom stereocenters. The molecule has 0 heterocycles. The van der Waals surface area contributed by atoms with E-state index in [4.69, 9.17) is 25.8 Å². The molecule has 2 aromatic carbocycles. The molecule has 0 aliphatic carbocycles. The van der Waals surface area contributed by atoms with Gasteiger partial charge in [-0.3, -0.25) is 4.79 Å². The molecule has 0 radical (unpaired) electrons. The first kappa shape index (κ1) is 26.0. The second kappa shape index (κ2) is 12.7. The lowest BCUT2D eigenvalue weighted by Crippen LogP contribution is -2.56. The molecule has 33 heavy (non-hydrogen) atoms. The van der Waals surface area contributed by atoms with Crippen molar-refractivity contribution in [1.29, 1.82) is 0 Å². The number of aliphatic hydroxyl groups is 1. The molecule has 0 aromatic heterocycles. The summed E-state index contributed by atoms with van der Waals surface area (Å²) in [5, 5.41) is 15.2. The Morgan fingerprint density at radius 1 is 1.03 bits per heavy atom. The van der Waals surface area contributed by atoms with Gasteiger partial charge in [-0.05, 0) is 30.2 Å². The summed E-state index contributed by atoms with van der Waals surface area (Å²) in [6.07, 6.45) is -2.09. The molecule has 2 aromatic rings. The predicted octanol–water partition coefficient (Wildman–Crippen LogP) is 2.22. The molecule has 10 heteroatoms. The van der Waals surface area contributed by atoms with Crippen molar-refractivity contribution < 1.29 is 33.7 Å². The Morgan fingerprint density at radius 2 is 1.73 bits per heavy atom. The molecule has 3 atom stereocenters. The molecule has 0 spiro atoms. The highest BCUT2D eigenvalue weighted by Gasteiger charge is 2.31. The quantitative estimate of drug-likeness (QED) is 0.447. The van der Waals surface area contributed by atoms with E-state index >= 15 is 0 Å². The first-order chi connectivity index (χ1) is 15.7. The summed E-state index contributed by atoms with van der Waals surface area (Å²) in [7, 11) is 2.67. The van der Waals surface area contributed by atoms with E-state index in [1.807, 2.05) is 6.07 Å². The van der Waals surface area contributed by atoms with Gasteiger partial charge >= 0.3 is 12.1 Å². The number of rotatable bonds is 10. The Hall–Kier alpha value is -3.30. The third-order valence-electron chi connectivity index (χ3n) is 4.71. The number of nitrogens with one attached hydrogen (secondary N) is 2. The van der Waals surface area contributed by atoms with Crippen LogP contribution in [-0.4, -0.2) is 55.5 Å². The molecule has 0 saturated heterocycles. The highest BCUT2D eigenvalue weighted by molar-refractivity contribution is 6.32. The third-order valence-corrected chi connectivity index (χ3v) is 5.00. The van der Waals surface area contributed by atoms with Gasteiger partial charge in [0.1, 0.15) is 24.4 Å². The van der Waals surface area contributed by atoms with Crippen molar-refractivity contribution in [1.82, 2.24) is 10.6 Å². The number of carbonyl (C=O) groups excluding carboxylic acids is 3. The number of benzene rings is 2. The summed E-state index contributed by atoms with van der Waals surface area (Å²) < 4.78 is 15.0. The monoisotopic (exact) mass is 478 g/mol. The molecule has 2 amide bonds. The Labute approximate surface area is 197 Å². The van der Waals surface area contributed by atoms with Crippen molar-refractivity contribution in [2.24, 2.45) is 0 Å². The van der Waals surface area contributed by atoms with Crippen LogP contribution in [0.1, 0.15) is 18.1 Å². The van der Waals surface area contributed by atoms with Gasteiger partial charge in [0.05, 0.1) is 25.3 Å². The van der Waals surface area contributed by atoms with Gasteiger partial charge in [0.15, 0.2) is 0 Å². The maximum Gasteiger partial charge on any atom is 0.408 e. The minimum absolute atomic E-state index is 0.0101. The van der Waals surface area contributed by atoms with E-state index in [9.17, 15) is 19.5 Å². The van der Waals surface area contributed by atoms with Crippen LogP contribution < -0.4 is 15.4 Å². The Kier molecular flexibility index (Phi) is 9.96. The number of hydrogen-bond acceptors (Lipinski definition) is 7. The largest absolute Gasteiger partial charge is 0.495 e. The zero-order valence-electron chi connectivity index (χ0n) is 18.5. The first-order valence-electron chi connectivity index (χ1n) is 10.1. The topological polar surface area (TPSA) is 123 Å². The van der Waals surface area contributed by atoms with Crippen molar-refractivity contribution in [3.05, 3.63) is 64.7 Å².